The van der Waals surface area contributed by atoms with Crippen molar-refractivity contribution in [2.75, 3.05) is 0 Å². The number of alkyl carbamates (subject to hydrolysis) is 1. The number of hydrogen-bond donors (Lipinski definition) is 1. The van der Waals surface area contributed by atoms with Crippen LogP contribution in [-0.4, -0.2) is 29.2 Å². The van der Waals surface area contributed by atoms with Crippen molar-refractivity contribution in [2.24, 2.45) is 0 Å². The van der Waals surface area contributed by atoms with Crippen LogP contribution in [0.3, 0.4) is 0 Å². The van der Waals surface area contributed by atoms with E-state index in [1.807, 2.05) is 103 Å². The molecule has 3 aromatic carbocycles. The Bertz CT molecular complexity index is 1150. The van der Waals surface area contributed by atoms with Crippen LogP contribution in [0.15, 0.2) is 103 Å². The van der Waals surface area contributed by atoms with E-state index in [0.717, 1.165) is 16.7 Å². The molecule has 2 saturated heterocycles. The lowest BCUT2D eigenvalue weighted by atomic mass is 9.50. The van der Waals surface area contributed by atoms with Crippen molar-refractivity contribution in [3.63, 3.8) is 0 Å². The third-order valence-electron chi connectivity index (χ3n) is 6.74. The quantitative estimate of drug-likeness (QED) is 0.531. The highest BCUT2D eigenvalue weighted by Crippen LogP contribution is 2.63. The zero-order chi connectivity index (χ0) is 21.1. The third-order valence-corrected chi connectivity index (χ3v) is 6.74. The maximum Gasteiger partial charge on any atom is 0.409 e. The summed E-state index contributed by atoms with van der Waals surface area (Å²) in [5, 5.41) is 2.85. The zero-order valence-electron chi connectivity index (χ0n) is 16.6. The first-order chi connectivity index (χ1) is 15.2. The molecule has 0 unspecified atom stereocenters. The van der Waals surface area contributed by atoms with E-state index in [1.165, 1.54) is 0 Å². The van der Waals surface area contributed by atoms with Crippen molar-refractivity contribution in [1.82, 2.24) is 10.2 Å². The molecule has 0 aromatic heterocycles. The summed E-state index contributed by atoms with van der Waals surface area (Å²) in [4.78, 5) is 28.1. The van der Waals surface area contributed by atoms with Gasteiger partial charge in [-0.25, -0.2) is 4.79 Å². The van der Waals surface area contributed by atoms with Crippen LogP contribution in [-0.2, 0) is 20.5 Å². The van der Waals surface area contributed by atoms with Crippen LogP contribution >= 0.6 is 0 Å². The van der Waals surface area contributed by atoms with Gasteiger partial charge in [-0.2, -0.15) is 0 Å². The van der Waals surface area contributed by atoms with Crippen molar-refractivity contribution in [3.05, 3.63) is 120 Å². The molecule has 0 radical (unpaired) electrons. The summed E-state index contributed by atoms with van der Waals surface area (Å²) in [6, 6.07) is 29.8. The van der Waals surface area contributed by atoms with E-state index in [9.17, 15) is 9.59 Å². The fourth-order valence-corrected chi connectivity index (χ4v) is 5.57. The van der Waals surface area contributed by atoms with E-state index in [1.54, 1.807) is 4.90 Å². The van der Waals surface area contributed by atoms with E-state index in [-0.39, 0.29) is 5.91 Å². The number of rotatable bonds is 3. The molecule has 31 heavy (non-hydrogen) atoms. The van der Waals surface area contributed by atoms with Crippen molar-refractivity contribution >= 4 is 12.0 Å². The second-order valence-electron chi connectivity index (χ2n) is 8.11. The maximum absolute atomic E-state index is 14.2. The molecular weight excluding hydrogens is 388 g/mol. The van der Waals surface area contributed by atoms with Gasteiger partial charge in [-0.15, -0.1) is 0 Å². The van der Waals surface area contributed by atoms with Gasteiger partial charge in [0.25, 0.3) is 0 Å². The molecule has 2 amide bonds. The average Bonchev–Trinajstić information content (AvgIpc) is 3.19. The normalized spacial score (nSPS) is 27.5. The molecule has 2 fully saturated rings. The summed E-state index contributed by atoms with van der Waals surface area (Å²) in [5.41, 5.74) is 1.04. The van der Waals surface area contributed by atoms with E-state index in [4.69, 9.17) is 4.74 Å². The molecule has 0 spiro atoms. The van der Waals surface area contributed by atoms with Gasteiger partial charge in [0.05, 0.1) is 0 Å². The summed E-state index contributed by atoms with van der Waals surface area (Å²) in [6.45, 7) is 0. The largest absolute Gasteiger partial charge is 0.438 e. The van der Waals surface area contributed by atoms with Gasteiger partial charge in [-0.05, 0) is 22.8 Å². The topological polar surface area (TPSA) is 58.6 Å². The highest BCUT2D eigenvalue weighted by atomic mass is 16.6. The summed E-state index contributed by atoms with van der Waals surface area (Å²) in [5.74, 6) is -0.0566. The van der Waals surface area contributed by atoms with Gasteiger partial charge < -0.3 is 9.64 Å². The fourth-order valence-electron chi connectivity index (χ4n) is 5.57. The van der Waals surface area contributed by atoms with Gasteiger partial charge in [0.1, 0.15) is 17.1 Å². The Hall–Kier alpha value is -3.86. The second-order valence-corrected chi connectivity index (χ2v) is 8.11. The zero-order valence-corrected chi connectivity index (χ0v) is 16.6. The first-order valence-electron chi connectivity index (χ1n) is 10.4. The van der Waals surface area contributed by atoms with Gasteiger partial charge >= 0.3 is 6.09 Å². The first kappa shape index (κ1) is 18.0. The molecule has 0 saturated carbocycles. The van der Waals surface area contributed by atoms with Gasteiger partial charge in [0.15, 0.2) is 6.10 Å². The summed E-state index contributed by atoms with van der Waals surface area (Å²) in [7, 11) is 0. The molecule has 3 aliphatic heterocycles. The molecule has 5 heteroatoms. The minimum absolute atomic E-state index is 0.0566. The van der Waals surface area contributed by atoms with Crippen LogP contribution in [0.25, 0.3) is 0 Å². The number of amides is 2. The molecule has 5 nitrogen and oxygen atoms in total. The molecule has 3 aromatic rings. The van der Waals surface area contributed by atoms with E-state index >= 15 is 0 Å². The number of ether oxygens (including phenoxy) is 1. The lowest BCUT2D eigenvalue weighted by Crippen LogP contribution is -2.82. The van der Waals surface area contributed by atoms with Crippen molar-refractivity contribution in [1.29, 1.82) is 0 Å². The van der Waals surface area contributed by atoms with Gasteiger partial charge in [0.2, 0.25) is 5.91 Å². The summed E-state index contributed by atoms with van der Waals surface area (Å²) < 4.78 is 5.40. The average molecular weight is 408 g/mol. The van der Waals surface area contributed by atoms with Crippen LogP contribution in [0, 0.1) is 0 Å². The predicted molar refractivity (Wildman–Crippen MR) is 115 cm³/mol. The van der Waals surface area contributed by atoms with Crippen LogP contribution < -0.4 is 5.32 Å². The summed E-state index contributed by atoms with van der Waals surface area (Å²) >= 11 is 0. The maximum atomic E-state index is 14.2. The lowest BCUT2D eigenvalue weighted by molar-refractivity contribution is -0.179. The Morgan fingerprint density at radius 1 is 0.742 bits per heavy atom. The number of β-lactam (4-membered cyclic amide) rings is 1. The van der Waals surface area contributed by atoms with E-state index in [0.29, 0.717) is 0 Å². The Labute approximate surface area is 180 Å². The van der Waals surface area contributed by atoms with Crippen molar-refractivity contribution < 1.29 is 14.3 Å². The molecule has 3 aliphatic rings. The lowest BCUT2D eigenvalue weighted by Gasteiger charge is -2.67. The van der Waals surface area contributed by atoms with Crippen LogP contribution in [0.2, 0.25) is 0 Å². The molecule has 0 aliphatic carbocycles. The Morgan fingerprint density at radius 2 is 1.26 bits per heavy atom. The molecule has 1 N–H and O–H groups in total. The number of carbonyl (C=O) groups excluding carboxylic acids is 2. The molecule has 3 atom stereocenters. The van der Waals surface area contributed by atoms with Gasteiger partial charge in [-0.1, -0.05) is 97.1 Å². The fraction of sp³-hybridized carbons (Fsp3) is 0.154. The molecule has 3 heterocycles. The smallest absolute Gasteiger partial charge is 0.409 e. The minimum atomic E-state index is -0.967. The van der Waals surface area contributed by atoms with Crippen LogP contribution in [0.1, 0.15) is 16.7 Å². The van der Waals surface area contributed by atoms with Crippen molar-refractivity contribution in [2.45, 2.75) is 23.2 Å². The van der Waals surface area contributed by atoms with E-state index in [2.05, 4.69) is 5.32 Å². The number of benzene rings is 3. The minimum Gasteiger partial charge on any atom is -0.438 e. The van der Waals surface area contributed by atoms with Crippen LogP contribution in [0.4, 0.5) is 4.79 Å². The number of hydrogen-bond acceptors (Lipinski definition) is 3. The van der Waals surface area contributed by atoms with Crippen LogP contribution in [0.5, 0.6) is 0 Å². The van der Waals surface area contributed by atoms with Gasteiger partial charge in [0, 0.05) is 0 Å². The Balaban J connectivity index is 1.69. The van der Waals surface area contributed by atoms with E-state index < -0.39 is 29.3 Å². The number of fused-ring (bicyclic) bond motifs is 3. The highest BCUT2D eigenvalue weighted by molar-refractivity contribution is 6.03. The Morgan fingerprint density at radius 3 is 1.81 bits per heavy atom. The first-order valence-corrected chi connectivity index (χ1v) is 10.4. The number of nitrogens with one attached hydrogen (secondary N) is 1. The number of carbonyl (C=O) groups is 2. The molecular formula is C26H20N2O3. The molecule has 152 valence electrons. The summed E-state index contributed by atoms with van der Waals surface area (Å²) in [6.07, 6.45) is 2.40. The number of nitrogens with zero attached hydrogens (tertiary/aromatic N) is 1. The molecule has 6 rings (SSSR count). The monoisotopic (exact) mass is 408 g/mol. The second kappa shape index (κ2) is 6.32. The standard InChI is InChI=1S/C26H20N2O3/c29-23-26(19-12-6-2-7-13-19,20-14-8-3-9-15-20)25(18-10-4-1-5-11-18)17-16-21-22(28(23)25)27-24(30)31-21/h1-17,21-22H,(H,27,30)/t21-,22+,25-/m0/s1. The Kier molecular flexibility index (Phi) is 3.66. The van der Waals surface area contributed by atoms with Crippen molar-refractivity contribution in [3.8, 4) is 0 Å². The molecule has 0 bridgehead atoms. The predicted octanol–water partition coefficient (Wildman–Crippen LogP) is 3.71. The third kappa shape index (κ3) is 2.10. The SMILES string of the molecule is O=C1N[C@H]2[C@H](C=C[C@@]3(c4ccccc4)N2C(=O)C3(c2ccccc2)c2ccccc2)O1. The van der Waals surface area contributed by atoms with Gasteiger partial charge in [-0.3, -0.25) is 10.1 Å². The highest BCUT2D eigenvalue weighted by Gasteiger charge is 2.76.